The van der Waals surface area contributed by atoms with Crippen molar-refractivity contribution in [2.45, 2.75) is 6.92 Å². The summed E-state index contributed by atoms with van der Waals surface area (Å²) in [5, 5.41) is 4.74. The average molecular weight is 339 g/mol. The van der Waals surface area contributed by atoms with Gasteiger partial charge in [0.1, 0.15) is 0 Å². The summed E-state index contributed by atoms with van der Waals surface area (Å²) in [6.07, 6.45) is 5.34. The number of amides is 1. The van der Waals surface area contributed by atoms with Crippen LogP contribution in [0.15, 0.2) is 72.4 Å². The second-order valence-corrected chi connectivity index (χ2v) is 5.60. The Bertz CT molecular complexity index is 853. The Hall–Kier alpha value is -2.92. The molecule has 1 amide bonds. The second-order valence-electron chi connectivity index (χ2n) is 5.16. The Balaban J connectivity index is 1.69. The van der Waals surface area contributed by atoms with E-state index in [9.17, 15) is 4.79 Å². The van der Waals surface area contributed by atoms with Crippen LogP contribution in [0.2, 0.25) is 5.02 Å². The molecule has 2 aromatic carbocycles. The van der Waals surface area contributed by atoms with Gasteiger partial charge in [0.25, 0.3) is 5.91 Å². The smallest absolute Gasteiger partial charge is 0.271 e. The molecule has 24 heavy (non-hydrogen) atoms. The lowest BCUT2D eigenvalue weighted by Crippen LogP contribution is -2.19. The van der Waals surface area contributed by atoms with E-state index in [-0.39, 0.29) is 5.91 Å². The van der Waals surface area contributed by atoms with Crippen molar-refractivity contribution in [1.29, 1.82) is 0 Å². The Morgan fingerprint density at radius 2 is 1.75 bits per heavy atom. The third-order valence-corrected chi connectivity index (χ3v) is 3.77. The molecule has 3 aromatic rings. The molecule has 0 saturated heterocycles. The lowest BCUT2D eigenvalue weighted by atomic mass is 10.1. The molecule has 0 aliphatic carbocycles. The third-order valence-electron chi connectivity index (χ3n) is 3.52. The zero-order valence-corrected chi connectivity index (χ0v) is 13.7. The summed E-state index contributed by atoms with van der Waals surface area (Å²) < 4.78 is 1.92. The number of nitrogens with zero attached hydrogens (tertiary/aromatic N) is 3. The highest BCUT2D eigenvalue weighted by Gasteiger charge is 2.05. The number of carbonyl (C=O) groups excluding carboxylic acids is 1. The van der Waals surface area contributed by atoms with Crippen molar-refractivity contribution >= 4 is 23.2 Å². The first-order chi connectivity index (χ1) is 11.6. The molecule has 6 heteroatoms. The Labute approximate surface area is 144 Å². The molecule has 0 fully saturated rings. The van der Waals surface area contributed by atoms with E-state index in [2.05, 4.69) is 15.5 Å². The highest BCUT2D eigenvalue weighted by Crippen LogP contribution is 2.11. The van der Waals surface area contributed by atoms with Crippen LogP contribution in [-0.2, 0) is 0 Å². The van der Waals surface area contributed by atoms with Crippen molar-refractivity contribution in [3.63, 3.8) is 0 Å². The Morgan fingerprint density at radius 3 is 2.38 bits per heavy atom. The molecule has 1 aromatic heterocycles. The molecule has 0 aliphatic rings. The lowest BCUT2D eigenvalue weighted by molar-refractivity contribution is 0.0955. The summed E-state index contributed by atoms with van der Waals surface area (Å²) >= 11 is 5.81. The average Bonchev–Trinajstić information content (AvgIpc) is 3.15. The fraction of sp³-hybridized carbons (Fsp3) is 0.0556. The van der Waals surface area contributed by atoms with Crippen molar-refractivity contribution < 1.29 is 4.79 Å². The summed E-state index contributed by atoms with van der Waals surface area (Å²) in [6, 6.07) is 14.5. The van der Waals surface area contributed by atoms with E-state index in [0.29, 0.717) is 10.6 Å². The van der Waals surface area contributed by atoms with Crippen LogP contribution in [0.4, 0.5) is 0 Å². The van der Waals surface area contributed by atoms with Gasteiger partial charge in [0.05, 0.1) is 12.0 Å². The molecular weight excluding hydrogens is 324 g/mol. The summed E-state index contributed by atoms with van der Waals surface area (Å²) in [6.45, 7) is 1.84. The van der Waals surface area contributed by atoms with E-state index in [1.165, 1.54) is 0 Å². The summed E-state index contributed by atoms with van der Waals surface area (Å²) in [5.41, 5.74) is 5.71. The van der Waals surface area contributed by atoms with Crippen LogP contribution in [0.3, 0.4) is 0 Å². The first kappa shape index (κ1) is 16.0. The molecule has 0 radical (unpaired) electrons. The van der Waals surface area contributed by atoms with Gasteiger partial charge >= 0.3 is 0 Å². The van der Waals surface area contributed by atoms with E-state index in [0.717, 1.165) is 17.0 Å². The van der Waals surface area contributed by atoms with Crippen molar-refractivity contribution in [2.75, 3.05) is 0 Å². The van der Waals surface area contributed by atoms with Crippen molar-refractivity contribution in [3.8, 4) is 5.69 Å². The Kier molecular flexibility index (Phi) is 4.72. The number of aromatic nitrogens is 2. The molecule has 0 saturated carbocycles. The SMILES string of the molecule is C/C(=N/NC(=O)c1ccc(Cl)cc1)c1ccc(-n2ccnc2)cc1. The van der Waals surface area contributed by atoms with E-state index in [1.807, 2.05) is 42.0 Å². The van der Waals surface area contributed by atoms with Gasteiger partial charge in [0.15, 0.2) is 0 Å². The van der Waals surface area contributed by atoms with Crippen molar-refractivity contribution in [3.05, 3.63) is 83.4 Å². The predicted octanol–water partition coefficient (Wildman–Crippen LogP) is 3.68. The molecule has 1 N–H and O–H groups in total. The summed E-state index contributed by atoms with van der Waals surface area (Å²) in [4.78, 5) is 16.1. The molecule has 0 aliphatic heterocycles. The van der Waals surface area contributed by atoms with Crippen LogP contribution >= 0.6 is 11.6 Å². The molecule has 120 valence electrons. The lowest BCUT2D eigenvalue weighted by Gasteiger charge is -2.05. The maximum absolute atomic E-state index is 12.0. The van der Waals surface area contributed by atoms with Gasteiger partial charge < -0.3 is 4.57 Å². The zero-order valence-electron chi connectivity index (χ0n) is 13.0. The van der Waals surface area contributed by atoms with Crippen LogP contribution in [0.1, 0.15) is 22.8 Å². The minimum Gasteiger partial charge on any atom is -0.306 e. The number of imidazole rings is 1. The first-order valence-electron chi connectivity index (χ1n) is 7.32. The van der Waals surface area contributed by atoms with Crippen LogP contribution in [0.25, 0.3) is 5.69 Å². The number of rotatable bonds is 4. The van der Waals surface area contributed by atoms with Gasteiger partial charge in [0, 0.05) is 28.7 Å². The number of hydrogen-bond donors (Lipinski definition) is 1. The van der Waals surface area contributed by atoms with Crippen LogP contribution < -0.4 is 5.43 Å². The van der Waals surface area contributed by atoms with Gasteiger partial charge in [-0.15, -0.1) is 0 Å². The molecule has 0 unspecified atom stereocenters. The van der Waals surface area contributed by atoms with E-state index in [4.69, 9.17) is 11.6 Å². The molecule has 3 rings (SSSR count). The molecule has 0 bridgehead atoms. The van der Waals surface area contributed by atoms with Crippen molar-refractivity contribution in [1.82, 2.24) is 15.0 Å². The van der Waals surface area contributed by atoms with Gasteiger partial charge in [-0.3, -0.25) is 4.79 Å². The van der Waals surface area contributed by atoms with E-state index in [1.54, 1.807) is 36.8 Å². The van der Waals surface area contributed by atoms with Crippen LogP contribution in [-0.4, -0.2) is 21.2 Å². The molecule has 5 nitrogen and oxygen atoms in total. The molecule has 0 atom stereocenters. The normalized spacial score (nSPS) is 11.3. The van der Waals surface area contributed by atoms with Crippen LogP contribution in [0, 0.1) is 0 Å². The highest BCUT2D eigenvalue weighted by atomic mass is 35.5. The number of benzene rings is 2. The topological polar surface area (TPSA) is 59.3 Å². The molecule has 0 spiro atoms. The maximum atomic E-state index is 12.0. The number of carbonyl (C=O) groups is 1. The van der Waals surface area contributed by atoms with Gasteiger partial charge in [-0.1, -0.05) is 23.7 Å². The predicted molar refractivity (Wildman–Crippen MR) is 94.7 cm³/mol. The van der Waals surface area contributed by atoms with Gasteiger partial charge in [-0.2, -0.15) is 5.10 Å². The fourth-order valence-electron chi connectivity index (χ4n) is 2.15. The largest absolute Gasteiger partial charge is 0.306 e. The molecular formula is C18H15ClN4O. The third kappa shape index (κ3) is 3.70. The highest BCUT2D eigenvalue weighted by molar-refractivity contribution is 6.30. The van der Waals surface area contributed by atoms with Crippen LogP contribution in [0.5, 0.6) is 0 Å². The monoisotopic (exact) mass is 338 g/mol. The number of halogens is 1. The van der Waals surface area contributed by atoms with E-state index >= 15 is 0 Å². The van der Waals surface area contributed by atoms with Crippen molar-refractivity contribution in [2.24, 2.45) is 5.10 Å². The van der Waals surface area contributed by atoms with Gasteiger partial charge in [0.2, 0.25) is 0 Å². The fourth-order valence-corrected chi connectivity index (χ4v) is 2.28. The number of hydrazone groups is 1. The van der Waals surface area contributed by atoms with E-state index < -0.39 is 0 Å². The van der Waals surface area contributed by atoms with Gasteiger partial charge in [-0.05, 0) is 48.9 Å². The number of nitrogens with one attached hydrogen (secondary N) is 1. The molecule has 1 heterocycles. The summed E-state index contributed by atoms with van der Waals surface area (Å²) in [7, 11) is 0. The zero-order chi connectivity index (χ0) is 16.9. The second kappa shape index (κ2) is 7.10. The Morgan fingerprint density at radius 1 is 1.08 bits per heavy atom. The number of hydrogen-bond acceptors (Lipinski definition) is 3. The van der Waals surface area contributed by atoms with Gasteiger partial charge in [-0.25, -0.2) is 10.4 Å². The standard InChI is InChI=1S/C18H15ClN4O/c1-13(21-22-18(24)15-2-6-16(19)7-3-15)14-4-8-17(9-5-14)23-11-10-20-12-23/h2-12H,1H3,(H,22,24)/b21-13-. The minimum atomic E-state index is -0.277. The minimum absolute atomic E-state index is 0.277. The maximum Gasteiger partial charge on any atom is 0.271 e. The summed E-state index contributed by atoms with van der Waals surface area (Å²) in [5.74, 6) is -0.277. The first-order valence-corrected chi connectivity index (χ1v) is 7.70. The quantitative estimate of drug-likeness (QED) is 0.582.